The van der Waals surface area contributed by atoms with Gasteiger partial charge in [-0.2, -0.15) is 0 Å². The fourth-order valence-corrected chi connectivity index (χ4v) is 2.24. The highest BCUT2D eigenvalue weighted by molar-refractivity contribution is 6.04. The van der Waals surface area contributed by atoms with E-state index < -0.39 is 0 Å². The van der Waals surface area contributed by atoms with E-state index in [1.807, 2.05) is 72.6 Å². The normalized spacial score (nSPS) is 10.1. The number of rotatable bonds is 4. The van der Waals surface area contributed by atoms with E-state index in [2.05, 4.69) is 10.3 Å². The number of carbonyl (C=O) groups excluding carboxylic acids is 1. The summed E-state index contributed by atoms with van der Waals surface area (Å²) in [4.78, 5) is 18.5. The molecule has 0 spiro atoms. The van der Waals surface area contributed by atoms with Crippen molar-refractivity contribution in [3.05, 3.63) is 84.6 Å². The molecule has 0 aliphatic heterocycles. The van der Waals surface area contributed by atoms with Crippen LogP contribution in [-0.2, 0) is 0 Å². The number of aromatic nitrogens is 1. The third-order valence-corrected chi connectivity index (χ3v) is 3.53. The van der Waals surface area contributed by atoms with Gasteiger partial charge in [0.15, 0.2) is 0 Å². The number of benzene rings is 2. The van der Waals surface area contributed by atoms with Crippen molar-refractivity contribution >= 4 is 23.1 Å². The first-order valence-electron chi connectivity index (χ1n) is 7.35. The number of amides is 1. The van der Waals surface area contributed by atoms with Gasteiger partial charge in [0.05, 0.1) is 11.9 Å². The molecule has 3 rings (SSSR count). The summed E-state index contributed by atoms with van der Waals surface area (Å²) >= 11 is 0. The monoisotopic (exact) mass is 303 g/mol. The van der Waals surface area contributed by atoms with Gasteiger partial charge in [-0.05, 0) is 36.4 Å². The lowest BCUT2D eigenvalue weighted by Gasteiger charge is -2.18. The number of hydrogen-bond donors (Lipinski definition) is 1. The summed E-state index contributed by atoms with van der Waals surface area (Å²) in [5.41, 5.74) is 2.35. The molecule has 0 bridgehead atoms. The highest BCUT2D eigenvalue weighted by Crippen LogP contribution is 2.22. The first kappa shape index (κ1) is 14.8. The van der Waals surface area contributed by atoms with Crippen molar-refractivity contribution in [2.45, 2.75) is 0 Å². The van der Waals surface area contributed by atoms with Gasteiger partial charge in [-0.25, -0.2) is 4.98 Å². The quantitative estimate of drug-likeness (QED) is 0.789. The van der Waals surface area contributed by atoms with Crippen molar-refractivity contribution in [1.82, 2.24) is 4.98 Å². The SMILES string of the molecule is CN(c1ccccc1)c1ccc(NC(=O)c2ccccc2)cn1. The maximum absolute atomic E-state index is 12.1. The fourth-order valence-electron chi connectivity index (χ4n) is 2.24. The molecular weight excluding hydrogens is 286 g/mol. The van der Waals surface area contributed by atoms with E-state index in [1.54, 1.807) is 18.3 Å². The first-order chi connectivity index (χ1) is 11.2. The van der Waals surface area contributed by atoms with Crippen LogP contribution in [0.2, 0.25) is 0 Å². The molecule has 1 N–H and O–H groups in total. The van der Waals surface area contributed by atoms with E-state index >= 15 is 0 Å². The van der Waals surface area contributed by atoms with Gasteiger partial charge < -0.3 is 10.2 Å². The second-order valence-corrected chi connectivity index (χ2v) is 5.12. The minimum Gasteiger partial charge on any atom is -0.329 e. The van der Waals surface area contributed by atoms with E-state index in [4.69, 9.17) is 0 Å². The predicted molar refractivity (Wildman–Crippen MR) is 93.1 cm³/mol. The van der Waals surface area contributed by atoms with Crippen LogP contribution in [-0.4, -0.2) is 17.9 Å². The molecule has 1 amide bonds. The molecule has 0 radical (unpaired) electrons. The van der Waals surface area contributed by atoms with Gasteiger partial charge in [-0.1, -0.05) is 36.4 Å². The lowest BCUT2D eigenvalue weighted by atomic mass is 10.2. The van der Waals surface area contributed by atoms with E-state index in [-0.39, 0.29) is 5.91 Å². The molecule has 4 nitrogen and oxygen atoms in total. The Morgan fingerprint density at radius 2 is 1.57 bits per heavy atom. The molecule has 2 aromatic carbocycles. The number of pyridine rings is 1. The number of carbonyl (C=O) groups is 1. The molecule has 114 valence electrons. The lowest BCUT2D eigenvalue weighted by molar-refractivity contribution is 0.102. The number of para-hydroxylation sites is 1. The largest absolute Gasteiger partial charge is 0.329 e. The van der Waals surface area contributed by atoms with Crippen molar-refractivity contribution < 1.29 is 4.79 Å². The summed E-state index contributed by atoms with van der Waals surface area (Å²) in [5, 5.41) is 2.84. The van der Waals surface area contributed by atoms with Crippen molar-refractivity contribution in [3.8, 4) is 0 Å². The van der Waals surface area contributed by atoms with E-state index in [9.17, 15) is 4.79 Å². The average molecular weight is 303 g/mol. The molecule has 4 heteroatoms. The summed E-state index contributed by atoms with van der Waals surface area (Å²) in [5.74, 6) is 0.672. The Kier molecular flexibility index (Phi) is 4.34. The van der Waals surface area contributed by atoms with Crippen LogP contribution in [0.3, 0.4) is 0 Å². The Labute approximate surface area is 135 Å². The van der Waals surface area contributed by atoms with Crippen LogP contribution in [0, 0.1) is 0 Å². The zero-order valence-electron chi connectivity index (χ0n) is 12.8. The van der Waals surface area contributed by atoms with Crippen molar-refractivity contribution in [2.24, 2.45) is 0 Å². The smallest absolute Gasteiger partial charge is 0.255 e. The second kappa shape index (κ2) is 6.75. The summed E-state index contributed by atoms with van der Waals surface area (Å²) < 4.78 is 0. The Morgan fingerprint density at radius 3 is 2.17 bits per heavy atom. The third-order valence-electron chi connectivity index (χ3n) is 3.53. The molecule has 0 unspecified atom stereocenters. The number of hydrogen-bond acceptors (Lipinski definition) is 3. The molecule has 1 aromatic heterocycles. The van der Waals surface area contributed by atoms with Gasteiger partial charge >= 0.3 is 0 Å². The number of nitrogens with one attached hydrogen (secondary N) is 1. The van der Waals surface area contributed by atoms with E-state index in [0.717, 1.165) is 11.5 Å². The van der Waals surface area contributed by atoms with Gasteiger partial charge in [-0.15, -0.1) is 0 Å². The van der Waals surface area contributed by atoms with Crippen LogP contribution in [0.1, 0.15) is 10.4 Å². The van der Waals surface area contributed by atoms with Crippen molar-refractivity contribution in [2.75, 3.05) is 17.3 Å². The van der Waals surface area contributed by atoms with E-state index in [1.165, 1.54) is 0 Å². The second-order valence-electron chi connectivity index (χ2n) is 5.12. The molecule has 0 saturated carbocycles. The molecule has 0 atom stereocenters. The fraction of sp³-hybridized carbons (Fsp3) is 0.0526. The summed E-state index contributed by atoms with van der Waals surface area (Å²) in [6.45, 7) is 0. The maximum atomic E-state index is 12.1. The lowest BCUT2D eigenvalue weighted by Crippen LogP contribution is -2.13. The van der Waals surface area contributed by atoms with Crippen LogP contribution in [0.5, 0.6) is 0 Å². The Bertz CT molecular complexity index is 771. The standard InChI is InChI=1S/C19H17N3O/c1-22(17-10-6-3-7-11-17)18-13-12-16(14-20-18)21-19(23)15-8-4-2-5-9-15/h2-14H,1H3,(H,21,23). The predicted octanol–water partition coefficient (Wildman–Crippen LogP) is 4.10. The molecule has 0 aliphatic carbocycles. The van der Waals surface area contributed by atoms with Gasteiger partial charge in [0.25, 0.3) is 5.91 Å². The Balaban J connectivity index is 1.71. The molecule has 3 aromatic rings. The maximum Gasteiger partial charge on any atom is 0.255 e. The van der Waals surface area contributed by atoms with Crippen molar-refractivity contribution in [3.63, 3.8) is 0 Å². The van der Waals surface area contributed by atoms with Gasteiger partial charge in [-0.3, -0.25) is 4.79 Å². The molecular formula is C19H17N3O. The molecule has 23 heavy (non-hydrogen) atoms. The molecule has 0 aliphatic rings. The summed E-state index contributed by atoms with van der Waals surface area (Å²) in [6, 6.07) is 22.8. The zero-order valence-corrected chi connectivity index (χ0v) is 12.8. The van der Waals surface area contributed by atoms with E-state index in [0.29, 0.717) is 11.3 Å². The molecule has 0 fully saturated rings. The topological polar surface area (TPSA) is 45.2 Å². The van der Waals surface area contributed by atoms with Crippen molar-refractivity contribution in [1.29, 1.82) is 0 Å². The minimum atomic E-state index is -0.142. The van der Waals surface area contributed by atoms with Crippen LogP contribution in [0.4, 0.5) is 17.2 Å². The highest BCUT2D eigenvalue weighted by atomic mass is 16.1. The van der Waals surface area contributed by atoms with Gasteiger partial charge in [0, 0.05) is 18.3 Å². The van der Waals surface area contributed by atoms with Gasteiger partial charge in [0.2, 0.25) is 0 Å². The Morgan fingerprint density at radius 1 is 0.913 bits per heavy atom. The number of anilines is 3. The van der Waals surface area contributed by atoms with Crippen LogP contribution in [0.25, 0.3) is 0 Å². The summed E-state index contributed by atoms with van der Waals surface area (Å²) in [7, 11) is 1.96. The first-order valence-corrected chi connectivity index (χ1v) is 7.35. The van der Waals surface area contributed by atoms with Crippen LogP contribution < -0.4 is 10.2 Å². The molecule has 1 heterocycles. The Hall–Kier alpha value is -3.14. The minimum absolute atomic E-state index is 0.142. The highest BCUT2D eigenvalue weighted by Gasteiger charge is 2.07. The number of nitrogens with zero attached hydrogens (tertiary/aromatic N) is 2. The third kappa shape index (κ3) is 3.55. The van der Waals surface area contributed by atoms with Crippen LogP contribution >= 0.6 is 0 Å². The zero-order chi connectivity index (χ0) is 16.1. The average Bonchev–Trinajstić information content (AvgIpc) is 2.63. The van der Waals surface area contributed by atoms with Gasteiger partial charge in [0.1, 0.15) is 5.82 Å². The molecule has 0 saturated heterocycles. The summed E-state index contributed by atoms with van der Waals surface area (Å²) in [6.07, 6.45) is 1.66. The van der Waals surface area contributed by atoms with Crippen LogP contribution in [0.15, 0.2) is 79.0 Å².